The molecule has 0 rings (SSSR count). The number of carbonyl (C=O) groups excluding carboxylic acids is 1. The summed E-state index contributed by atoms with van der Waals surface area (Å²) >= 11 is 0. The molecular weight excluding hydrogens is 226 g/mol. The van der Waals surface area contributed by atoms with E-state index in [-0.39, 0.29) is 5.91 Å². The number of nitrogens with one attached hydrogen (secondary N) is 1. The summed E-state index contributed by atoms with van der Waals surface area (Å²) in [7, 11) is 0. The molecule has 4 nitrogen and oxygen atoms in total. The smallest absolute Gasteiger partial charge is 0.233 e. The second-order valence-corrected chi connectivity index (χ2v) is 4.93. The summed E-state index contributed by atoms with van der Waals surface area (Å²) < 4.78 is 0. The molecule has 0 bridgehead atoms. The molecule has 0 aromatic heterocycles. The molecule has 3 N–H and O–H groups in total. The average molecular weight is 257 g/mol. The van der Waals surface area contributed by atoms with Crippen molar-refractivity contribution in [2.75, 3.05) is 19.6 Å². The third-order valence-corrected chi connectivity index (χ3v) is 3.19. The van der Waals surface area contributed by atoms with Crippen molar-refractivity contribution in [2.45, 2.75) is 65.2 Å². The van der Waals surface area contributed by atoms with E-state index in [0.717, 1.165) is 12.8 Å². The van der Waals surface area contributed by atoms with Crippen LogP contribution in [0.25, 0.3) is 0 Å². The van der Waals surface area contributed by atoms with Gasteiger partial charge in [-0.3, -0.25) is 10.2 Å². The van der Waals surface area contributed by atoms with E-state index >= 15 is 0 Å². The zero-order chi connectivity index (χ0) is 13.6. The number of rotatable bonds is 12. The van der Waals surface area contributed by atoms with E-state index in [2.05, 4.69) is 24.2 Å². The van der Waals surface area contributed by atoms with Crippen LogP contribution in [-0.2, 0) is 4.79 Å². The van der Waals surface area contributed by atoms with Crippen molar-refractivity contribution in [1.82, 2.24) is 10.3 Å². The predicted molar refractivity (Wildman–Crippen MR) is 77.1 cm³/mol. The van der Waals surface area contributed by atoms with Crippen LogP contribution >= 0.6 is 0 Å². The molecule has 0 fully saturated rings. The van der Waals surface area contributed by atoms with Gasteiger partial charge in [-0.2, -0.15) is 0 Å². The zero-order valence-electron chi connectivity index (χ0n) is 12.2. The van der Waals surface area contributed by atoms with Crippen molar-refractivity contribution in [1.29, 1.82) is 0 Å². The van der Waals surface area contributed by atoms with Crippen LogP contribution in [0.4, 0.5) is 0 Å². The third kappa shape index (κ3) is 10.5. The molecule has 0 aliphatic heterocycles. The second-order valence-electron chi connectivity index (χ2n) is 4.93. The molecule has 0 atom stereocenters. The highest BCUT2D eigenvalue weighted by molar-refractivity contribution is 5.74. The fourth-order valence-corrected chi connectivity index (χ4v) is 1.97. The Morgan fingerprint density at radius 2 is 1.50 bits per heavy atom. The molecule has 18 heavy (non-hydrogen) atoms. The first-order valence-electron chi connectivity index (χ1n) is 7.46. The molecular formula is C14H31N3O. The van der Waals surface area contributed by atoms with Gasteiger partial charge >= 0.3 is 0 Å². The first kappa shape index (κ1) is 17.4. The highest BCUT2D eigenvalue weighted by Crippen LogP contribution is 2.05. The van der Waals surface area contributed by atoms with Crippen LogP contribution in [0, 0.1) is 0 Å². The minimum absolute atomic E-state index is 0.0520. The van der Waals surface area contributed by atoms with E-state index in [1.165, 1.54) is 51.7 Å². The van der Waals surface area contributed by atoms with Crippen LogP contribution in [0.2, 0.25) is 0 Å². The summed E-state index contributed by atoms with van der Waals surface area (Å²) in [6.07, 6.45) is 8.91. The van der Waals surface area contributed by atoms with Crippen LogP contribution in [0.15, 0.2) is 0 Å². The molecule has 0 aliphatic rings. The van der Waals surface area contributed by atoms with E-state index in [1.807, 2.05) is 0 Å². The quantitative estimate of drug-likeness (QED) is 0.244. The molecule has 0 aromatic carbocycles. The summed E-state index contributed by atoms with van der Waals surface area (Å²) in [5, 5.41) is 0. The van der Waals surface area contributed by atoms with E-state index in [4.69, 9.17) is 5.84 Å². The Morgan fingerprint density at radius 3 is 2.00 bits per heavy atom. The fourth-order valence-electron chi connectivity index (χ4n) is 1.97. The molecule has 0 spiro atoms. The molecule has 0 radical (unpaired) electrons. The number of hydrogen-bond donors (Lipinski definition) is 2. The van der Waals surface area contributed by atoms with Gasteiger partial charge in [0.1, 0.15) is 0 Å². The van der Waals surface area contributed by atoms with Crippen LogP contribution in [0.3, 0.4) is 0 Å². The van der Waals surface area contributed by atoms with Crippen LogP contribution in [0.1, 0.15) is 65.2 Å². The van der Waals surface area contributed by atoms with Gasteiger partial charge in [0.15, 0.2) is 0 Å². The average Bonchev–Trinajstić information content (AvgIpc) is 2.40. The van der Waals surface area contributed by atoms with Crippen LogP contribution in [0.5, 0.6) is 0 Å². The van der Waals surface area contributed by atoms with E-state index in [0.29, 0.717) is 6.42 Å². The summed E-state index contributed by atoms with van der Waals surface area (Å²) in [6.45, 7) is 8.09. The molecule has 4 heteroatoms. The molecule has 0 heterocycles. The Bertz CT molecular complexity index is 189. The Kier molecular flexibility index (Phi) is 12.4. The molecule has 108 valence electrons. The van der Waals surface area contributed by atoms with Gasteiger partial charge in [-0.05, 0) is 45.3 Å². The molecule has 0 saturated heterocycles. The topological polar surface area (TPSA) is 58.4 Å². The Morgan fingerprint density at radius 1 is 0.944 bits per heavy atom. The lowest BCUT2D eigenvalue weighted by Crippen LogP contribution is -2.29. The van der Waals surface area contributed by atoms with Gasteiger partial charge in [-0.15, -0.1) is 0 Å². The summed E-state index contributed by atoms with van der Waals surface area (Å²) in [5.41, 5.74) is 2.17. The molecule has 0 aliphatic carbocycles. The van der Waals surface area contributed by atoms with E-state index < -0.39 is 0 Å². The minimum Gasteiger partial charge on any atom is -0.303 e. The van der Waals surface area contributed by atoms with Crippen molar-refractivity contribution in [3.05, 3.63) is 0 Å². The number of unbranched alkanes of at least 4 members (excludes halogenated alkanes) is 4. The lowest BCUT2D eigenvalue weighted by Gasteiger charge is -2.21. The Balaban J connectivity index is 3.57. The predicted octanol–water partition coefficient (Wildman–Crippen LogP) is 2.44. The highest BCUT2D eigenvalue weighted by Gasteiger charge is 2.04. The maximum absolute atomic E-state index is 10.9. The Hall–Kier alpha value is -0.610. The van der Waals surface area contributed by atoms with Gasteiger partial charge < -0.3 is 4.90 Å². The van der Waals surface area contributed by atoms with Gasteiger partial charge in [-0.25, -0.2) is 5.84 Å². The number of amides is 1. The lowest BCUT2D eigenvalue weighted by molar-refractivity contribution is -0.121. The van der Waals surface area contributed by atoms with Gasteiger partial charge in [0.25, 0.3) is 0 Å². The van der Waals surface area contributed by atoms with Crippen LogP contribution in [-0.4, -0.2) is 30.4 Å². The largest absolute Gasteiger partial charge is 0.303 e. The Labute approximate surface area is 112 Å². The second kappa shape index (κ2) is 12.8. The monoisotopic (exact) mass is 257 g/mol. The first-order valence-corrected chi connectivity index (χ1v) is 7.46. The molecule has 0 aromatic rings. The minimum atomic E-state index is -0.0520. The SMILES string of the molecule is CCCCN(CCCC)CCCCCC(=O)NN. The van der Waals surface area contributed by atoms with Crippen molar-refractivity contribution < 1.29 is 4.79 Å². The van der Waals surface area contributed by atoms with Gasteiger partial charge in [0.05, 0.1) is 0 Å². The normalized spacial score (nSPS) is 10.9. The number of nitrogens with zero attached hydrogens (tertiary/aromatic N) is 1. The number of nitrogens with two attached hydrogens (primary N) is 1. The van der Waals surface area contributed by atoms with E-state index in [9.17, 15) is 4.79 Å². The molecule has 1 amide bonds. The standard InChI is InChI=1S/C14H31N3O/c1-3-5-11-17(12-6-4-2)13-9-7-8-10-14(18)16-15/h3-13,15H2,1-2H3,(H,16,18). The van der Waals surface area contributed by atoms with Gasteiger partial charge in [-0.1, -0.05) is 33.1 Å². The number of hydrogen-bond acceptors (Lipinski definition) is 3. The van der Waals surface area contributed by atoms with Crippen molar-refractivity contribution >= 4 is 5.91 Å². The maximum Gasteiger partial charge on any atom is 0.233 e. The first-order chi connectivity index (χ1) is 8.74. The van der Waals surface area contributed by atoms with Gasteiger partial charge in [0.2, 0.25) is 5.91 Å². The van der Waals surface area contributed by atoms with Crippen molar-refractivity contribution in [3.63, 3.8) is 0 Å². The molecule has 0 unspecified atom stereocenters. The van der Waals surface area contributed by atoms with Crippen molar-refractivity contribution in [2.24, 2.45) is 5.84 Å². The fraction of sp³-hybridized carbons (Fsp3) is 0.929. The summed E-state index contributed by atoms with van der Waals surface area (Å²) in [5.74, 6) is 4.98. The lowest BCUT2D eigenvalue weighted by atomic mass is 10.1. The maximum atomic E-state index is 10.9. The molecule has 0 saturated carbocycles. The third-order valence-electron chi connectivity index (χ3n) is 3.19. The highest BCUT2D eigenvalue weighted by atomic mass is 16.2. The van der Waals surface area contributed by atoms with Crippen molar-refractivity contribution in [3.8, 4) is 0 Å². The number of hydrazine groups is 1. The summed E-state index contributed by atoms with van der Waals surface area (Å²) in [6, 6.07) is 0. The summed E-state index contributed by atoms with van der Waals surface area (Å²) in [4.78, 5) is 13.5. The number of carbonyl (C=O) groups is 1. The van der Waals surface area contributed by atoms with Gasteiger partial charge in [0, 0.05) is 6.42 Å². The van der Waals surface area contributed by atoms with E-state index in [1.54, 1.807) is 0 Å². The zero-order valence-corrected chi connectivity index (χ0v) is 12.2. The van der Waals surface area contributed by atoms with Crippen LogP contribution < -0.4 is 11.3 Å².